The van der Waals surface area contributed by atoms with Crippen molar-refractivity contribution in [2.45, 2.75) is 119 Å². The molecule has 33 heavy (non-hydrogen) atoms. The van der Waals surface area contributed by atoms with Crippen LogP contribution in [0.2, 0.25) is 0 Å². The molecule has 0 radical (unpaired) electrons. The molecule has 3 nitrogen and oxygen atoms in total. The summed E-state index contributed by atoms with van der Waals surface area (Å²) in [6.45, 7) is 16.8. The van der Waals surface area contributed by atoms with Gasteiger partial charge in [0.05, 0.1) is 11.5 Å². The minimum atomic E-state index is -0.603. The average molecular weight is 457 g/mol. The topological polar surface area (TPSA) is 57.5 Å². The molecular weight excluding hydrogens is 408 g/mol. The molecule has 4 fully saturated rings. The van der Waals surface area contributed by atoms with Gasteiger partial charge >= 0.3 is 5.97 Å². The summed E-state index contributed by atoms with van der Waals surface area (Å²) in [7, 11) is 0. The lowest BCUT2D eigenvalue weighted by molar-refractivity contribution is -0.203. The molecule has 2 N–H and O–H groups in total. The van der Waals surface area contributed by atoms with Gasteiger partial charge in [0.25, 0.3) is 0 Å². The lowest BCUT2D eigenvalue weighted by Gasteiger charge is -2.71. The van der Waals surface area contributed by atoms with Crippen LogP contribution in [-0.4, -0.2) is 22.3 Å². The minimum absolute atomic E-state index is 0.0168. The van der Waals surface area contributed by atoms with E-state index in [-0.39, 0.29) is 33.2 Å². The first-order valence-corrected chi connectivity index (χ1v) is 13.8. The van der Waals surface area contributed by atoms with Crippen molar-refractivity contribution in [3.63, 3.8) is 0 Å². The smallest absolute Gasteiger partial charge is 0.309 e. The van der Waals surface area contributed by atoms with Gasteiger partial charge in [-0.05, 0) is 116 Å². The average Bonchev–Trinajstić information content (AvgIpc) is 2.73. The van der Waals surface area contributed by atoms with Crippen molar-refractivity contribution in [1.29, 1.82) is 0 Å². The largest absolute Gasteiger partial charge is 0.481 e. The number of carboxylic acid groups (broad SMARTS) is 1. The van der Waals surface area contributed by atoms with E-state index in [9.17, 15) is 15.0 Å². The zero-order chi connectivity index (χ0) is 24.2. The molecule has 0 aromatic carbocycles. The van der Waals surface area contributed by atoms with Crippen LogP contribution in [0.4, 0.5) is 0 Å². The van der Waals surface area contributed by atoms with Crippen LogP contribution in [0.5, 0.6) is 0 Å². The van der Waals surface area contributed by atoms with Gasteiger partial charge in [-0.1, -0.05) is 53.2 Å². The standard InChI is InChI=1S/C30H48O3/c1-25(2)21-10-13-30(7)22(28(21,5)12-11-23(25)31)9-8-19-20-18-27(4,24(32)33)15-14-26(20,3)16-17-29(19,30)6/h8,20-23,31H,9-18H2,1-7H3,(H,32,33)/t20-,21-,22+,23-,26-,27+,28-,29-,30-/m1/s1. The molecule has 0 amide bonds. The summed E-state index contributed by atoms with van der Waals surface area (Å²) in [5.41, 5.74) is 1.94. The fourth-order valence-electron chi connectivity index (χ4n) is 10.5. The second-order valence-corrected chi connectivity index (χ2v) is 14.9. The van der Waals surface area contributed by atoms with E-state index in [1.54, 1.807) is 5.57 Å². The number of rotatable bonds is 1. The second kappa shape index (κ2) is 6.89. The Morgan fingerprint density at radius 2 is 1.55 bits per heavy atom. The Hall–Kier alpha value is -0.830. The first-order chi connectivity index (χ1) is 15.1. The molecule has 9 atom stereocenters. The third-order valence-electron chi connectivity index (χ3n) is 13.3. The summed E-state index contributed by atoms with van der Waals surface area (Å²) in [5, 5.41) is 20.9. The molecule has 0 spiro atoms. The highest BCUT2D eigenvalue weighted by atomic mass is 16.4. The van der Waals surface area contributed by atoms with E-state index < -0.39 is 11.4 Å². The number of aliphatic carboxylic acids is 1. The first kappa shape index (κ1) is 23.9. The van der Waals surface area contributed by atoms with Crippen LogP contribution in [0.1, 0.15) is 113 Å². The van der Waals surface area contributed by atoms with Crippen molar-refractivity contribution in [1.82, 2.24) is 0 Å². The van der Waals surface area contributed by atoms with Crippen LogP contribution in [0.3, 0.4) is 0 Å². The highest BCUT2D eigenvalue weighted by Crippen LogP contribution is 2.75. The van der Waals surface area contributed by atoms with Crippen LogP contribution in [-0.2, 0) is 4.79 Å². The Kier molecular flexibility index (Phi) is 4.99. The Morgan fingerprint density at radius 3 is 2.21 bits per heavy atom. The number of fused-ring (bicyclic) bond motifs is 7. The SMILES string of the molecule is CC1(C)[C@H](O)CC[C@]2(C)[C@@H]1CC[C@]1(C)[C@H]2CC=C2[C@H]3C[C@@](C)(C(=O)O)CC[C@]3(C)CC[C@]21C. The van der Waals surface area contributed by atoms with Crippen molar-refractivity contribution < 1.29 is 15.0 Å². The van der Waals surface area contributed by atoms with Crippen LogP contribution < -0.4 is 0 Å². The maximum absolute atomic E-state index is 12.2. The Labute approximate surface area is 201 Å². The van der Waals surface area contributed by atoms with E-state index in [4.69, 9.17) is 0 Å². The van der Waals surface area contributed by atoms with Crippen LogP contribution in [0, 0.1) is 50.2 Å². The number of hydrogen-bond donors (Lipinski definition) is 2. The van der Waals surface area contributed by atoms with Crippen LogP contribution in [0.15, 0.2) is 11.6 Å². The molecule has 0 aromatic rings. The van der Waals surface area contributed by atoms with Crippen molar-refractivity contribution in [3.8, 4) is 0 Å². The molecule has 0 heterocycles. The van der Waals surface area contributed by atoms with E-state index in [0.29, 0.717) is 17.8 Å². The molecular formula is C30H48O3. The second-order valence-electron chi connectivity index (χ2n) is 14.9. The highest BCUT2D eigenvalue weighted by molar-refractivity contribution is 5.74. The van der Waals surface area contributed by atoms with Crippen molar-refractivity contribution >= 4 is 5.97 Å². The molecule has 0 aromatic heterocycles. The normalized spacial score (nSPS) is 55.3. The number of hydrogen-bond acceptors (Lipinski definition) is 2. The van der Waals surface area contributed by atoms with Crippen molar-refractivity contribution in [3.05, 3.63) is 11.6 Å². The summed E-state index contributed by atoms with van der Waals surface area (Å²) in [6, 6.07) is 0. The Bertz CT molecular complexity index is 889. The zero-order valence-corrected chi connectivity index (χ0v) is 22.3. The molecule has 5 aliphatic rings. The number of aliphatic hydroxyl groups excluding tert-OH is 1. The van der Waals surface area contributed by atoms with Gasteiger partial charge < -0.3 is 10.2 Å². The van der Waals surface area contributed by atoms with E-state index >= 15 is 0 Å². The molecule has 4 saturated carbocycles. The monoisotopic (exact) mass is 456 g/mol. The van der Waals surface area contributed by atoms with Gasteiger partial charge in [-0.15, -0.1) is 0 Å². The maximum atomic E-state index is 12.2. The minimum Gasteiger partial charge on any atom is -0.481 e. The number of carboxylic acids is 1. The zero-order valence-electron chi connectivity index (χ0n) is 22.3. The van der Waals surface area contributed by atoms with Gasteiger partial charge in [0.1, 0.15) is 0 Å². The quantitative estimate of drug-likeness (QED) is 0.409. The maximum Gasteiger partial charge on any atom is 0.309 e. The third-order valence-corrected chi connectivity index (χ3v) is 13.3. The van der Waals surface area contributed by atoms with Gasteiger partial charge in [0, 0.05) is 0 Å². The van der Waals surface area contributed by atoms with Crippen molar-refractivity contribution in [2.75, 3.05) is 0 Å². The highest BCUT2D eigenvalue weighted by Gasteiger charge is 2.68. The van der Waals surface area contributed by atoms with Crippen LogP contribution >= 0.6 is 0 Å². The number of allylic oxidation sites excluding steroid dienone is 2. The fraction of sp³-hybridized carbons (Fsp3) is 0.900. The molecule has 0 unspecified atom stereocenters. The summed E-state index contributed by atoms with van der Waals surface area (Å²) in [4.78, 5) is 12.2. The van der Waals surface area contributed by atoms with E-state index in [2.05, 4.69) is 47.6 Å². The Morgan fingerprint density at radius 1 is 0.879 bits per heavy atom. The summed E-state index contributed by atoms with van der Waals surface area (Å²) in [5.74, 6) is 1.01. The number of carbonyl (C=O) groups is 1. The van der Waals surface area contributed by atoms with E-state index in [0.717, 1.165) is 38.5 Å². The predicted octanol–water partition coefficient (Wildman–Crippen LogP) is 7.23. The van der Waals surface area contributed by atoms with Gasteiger partial charge in [0.2, 0.25) is 0 Å². The first-order valence-electron chi connectivity index (χ1n) is 13.8. The van der Waals surface area contributed by atoms with Crippen LogP contribution in [0.25, 0.3) is 0 Å². The third kappa shape index (κ3) is 2.87. The summed E-state index contributed by atoms with van der Waals surface area (Å²) >= 11 is 0. The molecule has 0 aliphatic heterocycles. The molecule has 5 rings (SSSR count). The van der Waals surface area contributed by atoms with Gasteiger partial charge in [0.15, 0.2) is 0 Å². The van der Waals surface area contributed by atoms with Crippen molar-refractivity contribution in [2.24, 2.45) is 50.2 Å². The lowest BCUT2D eigenvalue weighted by Crippen LogP contribution is -2.64. The molecule has 3 heteroatoms. The van der Waals surface area contributed by atoms with Gasteiger partial charge in [-0.25, -0.2) is 0 Å². The summed E-state index contributed by atoms with van der Waals surface area (Å²) < 4.78 is 0. The predicted molar refractivity (Wildman–Crippen MR) is 133 cm³/mol. The van der Waals surface area contributed by atoms with Gasteiger partial charge in [-0.2, -0.15) is 0 Å². The lowest BCUT2D eigenvalue weighted by atomic mass is 9.33. The molecule has 186 valence electrons. The number of aliphatic hydroxyl groups is 1. The van der Waals surface area contributed by atoms with E-state index in [1.165, 1.54) is 25.7 Å². The Balaban J connectivity index is 1.57. The van der Waals surface area contributed by atoms with E-state index in [1.807, 2.05) is 6.92 Å². The summed E-state index contributed by atoms with van der Waals surface area (Å²) in [6.07, 6.45) is 13.2. The fourth-order valence-corrected chi connectivity index (χ4v) is 10.5. The molecule has 5 aliphatic carbocycles. The van der Waals surface area contributed by atoms with Gasteiger partial charge in [-0.3, -0.25) is 4.79 Å². The molecule has 0 saturated heterocycles. The molecule has 0 bridgehead atoms.